The molecule has 0 bridgehead atoms. The Morgan fingerprint density at radius 2 is 1.80 bits per heavy atom. The van der Waals surface area contributed by atoms with Crippen molar-refractivity contribution in [3.63, 3.8) is 0 Å². The second-order valence-corrected chi connectivity index (χ2v) is 5.11. The van der Waals surface area contributed by atoms with Crippen molar-refractivity contribution >= 4 is 5.78 Å². The van der Waals surface area contributed by atoms with Crippen molar-refractivity contribution in [2.75, 3.05) is 0 Å². The highest BCUT2D eigenvalue weighted by atomic mass is 16.1. The maximum atomic E-state index is 11.7. The molecule has 0 spiro atoms. The molecule has 1 aliphatic rings. The van der Waals surface area contributed by atoms with Gasteiger partial charge >= 0.3 is 0 Å². The number of carbonyl (C=O) groups excluding carboxylic acids is 1. The van der Waals surface area contributed by atoms with Crippen molar-refractivity contribution in [3.8, 4) is 0 Å². The lowest BCUT2D eigenvalue weighted by Crippen LogP contribution is -2.08. The summed E-state index contributed by atoms with van der Waals surface area (Å²) < 4.78 is 0. The molecule has 0 aliphatic heterocycles. The molecule has 88 valence electrons. The summed E-state index contributed by atoms with van der Waals surface area (Å²) in [6.45, 7) is 4.39. The van der Waals surface area contributed by atoms with Gasteiger partial charge in [-0.1, -0.05) is 52.4 Å². The quantitative estimate of drug-likeness (QED) is 0.610. The van der Waals surface area contributed by atoms with Gasteiger partial charge in [0.1, 0.15) is 5.78 Å². The Morgan fingerprint density at radius 3 is 2.33 bits per heavy atom. The summed E-state index contributed by atoms with van der Waals surface area (Å²) in [4.78, 5) is 11.7. The number of Topliss-reactive ketones (excluding diaryl/α,β-unsaturated/α-hetero) is 1. The molecule has 0 saturated heterocycles. The van der Waals surface area contributed by atoms with Crippen molar-refractivity contribution in [3.05, 3.63) is 0 Å². The molecule has 0 aromatic carbocycles. The third-order valence-electron chi connectivity index (χ3n) is 3.98. The molecule has 1 aliphatic carbocycles. The third-order valence-corrected chi connectivity index (χ3v) is 3.98. The van der Waals surface area contributed by atoms with Crippen molar-refractivity contribution in [1.29, 1.82) is 0 Å². The summed E-state index contributed by atoms with van der Waals surface area (Å²) in [5, 5.41) is 0. The van der Waals surface area contributed by atoms with Crippen LogP contribution in [0.25, 0.3) is 0 Å². The Kier molecular flexibility index (Phi) is 5.97. The smallest absolute Gasteiger partial charge is 0.133 e. The number of rotatable bonds is 7. The van der Waals surface area contributed by atoms with E-state index in [-0.39, 0.29) is 0 Å². The van der Waals surface area contributed by atoms with E-state index in [0.29, 0.717) is 11.7 Å². The molecule has 0 heterocycles. The first-order valence-electron chi connectivity index (χ1n) is 6.77. The van der Waals surface area contributed by atoms with Crippen LogP contribution in [0.1, 0.15) is 71.6 Å². The number of hydrogen-bond donors (Lipinski definition) is 0. The van der Waals surface area contributed by atoms with Crippen molar-refractivity contribution in [1.82, 2.24) is 0 Å². The van der Waals surface area contributed by atoms with E-state index in [0.717, 1.165) is 31.6 Å². The van der Waals surface area contributed by atoms with E-state index in [9.17, 15) is 4.79 Å². The zero-order chi connectivity index (χ0) is 11.1. The highest BCUT2D eigenvalue weighted by molar-refractivity contribution is 5.78. The van der Waals surface area contributed by atoms with Crippen LogP contribution < -0.4 is 0 Å². The average molecular weight is 210 g/mol. The average Bonchev–Trinajstić information content (AvgIpc) is 2.75. The topological polar surface area (TPSA) is 17.1 Å². The summed E-state index contributed by atoms with van der Waals surface area (Å²) in [5.41, 5.74) is 0. The van der Waals surface area contributed by atoms with Crippen LogP contribution in [0, 0.1) is 11.8 Å². The van der Waals surface area contributed by atoms with E-state index in [1.807, 2.05) is 0 Å². The predicted octanol–water partition coefficient (Wildman–Crippen LogP) is 4.35. The van der Waals surface area contributed by atoms with E-state index in [4.69, 9.17) is 0 Å². The minimum atomic E-state index is 0.510. The van der Waals surface area contributed by atoms with Gasteiger partial charge in [0.25, 0.3) is 0 Å². The van der Waals surface area contributed by atoms with Crippen molar-refractivity contribution < 1.29 is 4.79 Å². The summed E-state index contributed by atoms with van der Waals surface area (Å²) in [6, 6.07) is 0. The first-order valence-corrected chi connectivity index (χ1v) is 6.77. The first-order chi connectivity index (χ1) is 7.26. The molecule has 0 aromatic rings. The molecule has 15 heavy (non-hydrogen) atoms. The molecular formula is C14H26O. The van der Waals surface area contributed by atoms with Gasteiger partial charge in [-0.05, 0) is 18.3 Å². The van der Waals surface area contributed by atoms with Gasteiger partial charge in [0.05, 0.1) is 0 Å². The summed E-state index contributed by atoms with van der Waals surface area (Å²) >= 11 is 0. The Hall–Kier alpha value is -0.330. The predicted molar refractivity (Wildman–Crippen MR) is 64.9 cm³/mol. The Labute approximate surface area is 94.6 Å². The number of carbonyl (C=O) groups is 1. The molecule has 0 aromatic heterocycles. The Balaban J connectivity index is 2.11. The molecule has 1 fully saturated rings. The van der Waals surface area contributed by atoms with Crippen LogP contribution in [0.2, 0.25) is 0 Å². The largest absolute Gasteiger partial charge is 0.300 e. The molecule has 0 N–H and O–H groups in total. The van der Waals surface area contributed by atoms with Crippen molar-refractivity contribution in [2.45, 2.75) is 71.6 Å². The van der Waals surface area contributed by atoms with Crippen LogP contribution in [-0.4, -0.2) is 5.78 Å². The molecule has 1 rings (SSSR count). The maximum Gasteiger partial charge on any atom is 0.133 e. The van der Waals surface area contributed by atoms with Crippen LogP contribution in [0.4, 0.5) is 0 Å². The standard InChI is InChI=1S/C14H26O/c1-3-12(4-2)11-14(15)10-9-13-7-5-6-8-13/h12-13H,3-11H2,1-2H3. The third kappa shape index (κ3) is 4.81. The fraction of sp³-hybridized carbons (Fsp3) is 0.929. The lowest BCUT2D eigenvalue weighted by molar-refractivity contribution is -0.120. The van der Waals surface area contributed by atoms with Crippen molar-refractivity contribution in [2.24, 2.45) is 11.8 Å². The second-order valence-electron chi connectivity index (χ2n) is 5.11. The fourth-order valence-electron chi connectivity index (χ4n) is 2.67. The monoisotopic (exact) mass is 210 g/mol. The highest BCUT2D eigenvalue weighted by Gasteiger charge is 2.17. The van der Waals surface area contributed by atoms with Gasteiger partial charge in [-0.15, -0.1) is 0 Å². The second kappa shape index (κ2) is 7.03. The normalized spacial score (nSPS) is 17.5. The molecule has 0 amide bonds. The Morgan fingerprint density at radius 1 is 1.20 bits per heavy atom. The van der Waals surface area contributed by atoms with Crippen LogP contribution in [0.15, 0.2) is 0 Å². The molecule has 1 nitrogen and oxygen atoms in total. The van der Waals surface area contributed by atoms with E-state index in [1.165, 1.54) is 32.1 Å². The van der Waals surface area contributed by atoms with Crippen LogP contribution in [0.3, 0.4) is 0 Å². The lowest BCUT2D eigenvalue weighted by Gasteiger charge is -2.12. The SMILES string of the molecule is CCC(CC)CC(=O)CCC1CCCC1. The number of hydrogen-bond acceptors (Lipinski definition) is 1. The summed E-state index contributed by atoms with van der Waals surface area (Å²) in [7, 11) is 0. The van der Waals surface area contributed by atoms with E-state index < -0.39 is 0 Å². The molecule has 0 atom stereocenters. The fourth-order valence-corrected chi connectivity index (χ4v) is 2.67. The van der Waals surface area contributed by atoms with Gasteiger partial charge < -0.3 is 0 Å². The van der Waals surface area contributed by atoms with Gasteiger partial charge in [-0.3, -0.25) is 4.79 Å². The van der Waals surface area contributed by atoms with Gasteiger partial charge in [-0.25, -0.2) is 0 Å². The van der Waals surface area contributed by atoms with Gasteiger partial charge in [-0.2, -0.15) is 0 Å². The molecule has 0 radical (unpaired) electrons. The van der Waals surface area contributed by atoms with Crippen LogP contribution in [-0.2, 0) is 4.79 Å². The summed E-state index contributed by atoms with van der Waals surface area (Å²) in [6.07, 6.45) is 10.7. The number of ketones is 1. The molecule has 0 unspecified atom stereocenters. The molecule has 1 saturated carbocycles. The minimum absolute atomic E-state index is 0.510. The maximum absolute atomic E-state index is 11.7. The Bertz CT molecular complexity index is 176. The van der Waals surface area contributed by atoms with E-state index >= 15 is 0 Å². The first kappa shape index (κ1) is 12.7. The van der Waals surface area contributed by atoms with E-state index in [1.54, 1.807) is 0 Å². The zero-order valence-corrected chi connectivity index (χ0v) is 10.4. The minimum Gasteiger partial charge on any atom is -0.300 e. The zero-order valence-electron chi connectivity index (χ0n) is 10.4. The molecule has 1 heteroatoms. The molecular weight excluding hydrogens is 184 g/mol. The van der Waals surface area contributed by atoms with Gasteiger partial charge in [0.15, 0.2) is 0 Å². The lowest BCUT2D eigenvalue weighted by atomic mass is 9.93. The van der Waals surface area contributed by atoms with Crippen LogP contribution >= 0.6 is 0 Å². The van der Waals surface area contributed by atoms with Gasteiger partial charge in [0.2, 0.25) is 0 Å². The van der Waals surface area contributed by atoms with Crippen LogP contribution in [0.5, 0.6) is 0 Å². The van der Waals surface area contributed by atoms with Gasteiger partial charge in [0, 0.05) is 12.8 Å². The highest BCUT2D eigenvalue weighted by Crippen LogP contribution is 2.29. The summed E-state index contributed by atoms with van der Waals surface area (Å²) in [5.74, 6) is 2.02. The van der Waals surface area contributed by atoms with E-state index in [2.05, 4.69) is 13.8 Å².